The number of hydrogen-bond acceptors (Lipinski definition) is 5. The summed E-state index contributed by atoms with van der Waals surface area (Å²) in [6.45, 7) is 3.33. The van der Waals surface area contributed by atoms with E-state index >= 15 is 0 Å². The van der Waals surface area contributed by atoms with Gasteiger partial charge in [-0.1, -0.05) is 0 Å². The molecular formula is C19H25N5O2. The third kappa shape index (κ3) is 3.93. The monoisotopic (exact) mass is 355 g/mol. The molecule has 138 valence electrons. The SMILES string of the molecule is Cn1cnc(CN2CCC(Cn3nc(C4CC4)ccc3=O)CC2)cc1=O. The fourth-order valence-electron chi connectivity index (χ4n) is 3.58. The van der Waals surface area contributed by atoms with Crippen molar-refractivity contribution in [2.45, 2.75) is 44.7 Å². The van der Waals surface area contributed by atoms with Crippen LogP contribution in [0.25, 0.3) is 0 Å². The lowest BCUT2D eigenvalue weighted by molar-refractivity contribution is 0.161. The van der Waals surface area contributed by atoms with Crippen molar-refractivity contribution in [3.63, 3.8) is 0 Å². The van der Waals surface area contributed by atoms with Crippen LogP contribution in [-0.2, 0) is 20.1 Å². The average Bonchev–Trinajstić information content (AvgIpc) is 3.47. The Bertz CT molecular complexity index is 891. The van der Waals surface area contributed by atoms with E-state index in [1.807, 2.05) is 6.07 Å². The molecule has 1 aliphatic carbocycles. The van der Waals surface area contributed by atoms with E-state index in [-0.39, 0.29) is 11.1 Å². The zero-order chi connectivity index (χ0) is 18.1. The van der Waals surface area contributed by atoms with Crippen molar-refractivity contribution in [1.29, 1.82) is 0 Å². The van der Waals surface area contributed by atoms with E-state index in [0.717, 1.165) is 37.3 Å². The zero-order valence-electron chi connectivity index (χ0n) is 15.2. The van der Waals surface area contributed by atoms with Gasteiger partial charge < -0.3 is 4.57 Å². The molecule has 2 aromatic rings. The second kappa shape index (κ2) is 7.15. The van der Waals surface area contributed by atoms with Crippen LogP contribution in [0.4, 0.5) is 0 Å². The number of rotatable bonds is 5. The summed E-state index contributed by atoms with van der Waals surface area (Å²) in [5.41, 5.74) is 1.87. The molecule has 26 heavy (non-hydrogen) atoms. The van der Waals surface area contributed by atoms with E-state index in [0.29, 0.717) is 24.9 Å². The third-order valence-electron chi connectivity index (χ3n) is 5.44. The molecule has 1 saturated carbocycles. The first-order chi connectivity index (χ1) is 12.6. The van der Waals surface area contributed by atoms with Gasteiger partial charge in [0.2, 0.25) is 0 Å². The van der Waals surface area contributed by atoms with E-state index in [2.05, 4.69) is 15.0 Å². The second-order valence-corrected chi connectivity index (χ2v) is 7.60. The second-order valence-electron chi connectivity index (χ2n) is 7.60. The van der Waals surface area contributed by atoms with Gasteiger partial charge in [-0.05, 0) is 50.8 Å². The van der Waals surface area contributed by atoms with E-state index in [1.54, 1.807) is 30.2 Å². The molecule has 0 amide bonds. The highest BCUT2D eigenvalue weighted by atomic mass is 16.1. The molecule has 1 saturated heterocycles. The quantitative estimate of drug-likeness (QED) is 0.804. The largest absolute Gasteiger partial charge is 0.302 e. The predicted molar refractivity (Wildman–Crippen MR) is 98.0 cm³/mol. The van der Waals surface area contributed by atoms with Gasteiger partial charge in [-0.3, -0.25) is 14.5 Å². The highest BCUT2D eigenvalue weighted by Gasteiger charge is 2.26. The van der Waals surface area contributed by atoms with Crippen molar-refractivity contribution in [3.8, 4) is 0 Å². The summed E-state index contributed by atoms with van der Waals surface area (Å²) >= 11 is 0. The molecule has 2 aromatic heterocycles. The van der Waals surface area contributed by atoms with Crippen LogP contribution in [-0.4, -0.2) is 37.3 Å². The first-order valence-electron chi connectivity index (χ1n) is 9.40. The Morgan fingerprint density at radius 1 is 1.08 bits per heavy atom. The number of aromatic nitrogens is 4. The Morgan fingerprint density at radius 3 is 2.54 bits per heavy atom. The van der Waals surface area contributed by atoms with E-state index in [4.69, 9.17) is 0 Å². The van der Waals surface area contributed by atoms with Crippen LogP contribution in [0, 0.1) is 5.92 Å². The predicted octanol–water partition coefficient (Wildman–Crippen LogP) is 1.13. The lowest BCUT2D eigenvalue weighted by Crippen LogP contribution is -2.37. The minimum Gasteiger partial charge on any atom is -0.302 e. The van der Waals surface area contributed by atoms with Crippen molar-refractivity contribution in [1.82, 2.24) is 24.2 Å². The summed E-state index contributed by atoms with van der Waals surface area (Å²) in [5.74, 6) is 1.04. The Morgan fingerprint density at radius 2 is 1.85 bits per heavy atom. The summed E-state index contributed by atoms with van der Waals surface area (Å²) in [4.78, 5) is 30.5. The minimum atomic E-state index is -0.0223. The van der Waals surface area contributed by atoms with Gasteiger partial charge in [0.1, 0.15) is 0 Å². The van der Waals surface area contributed by atoms with Crippen LogP contribution < -0.4 is 11.1 Å². The molecule has 1 aliphatic heterocycles. The number of hydrogen-bond donors (Lipinski definition) is 0. The summed E-state index contributed by atoms with van der Waals surface area (Å²) in [7, 11) is 1.71. The van der Waals surface area contributed by atoms with Gasteiger partial charge in [-0.25, -0.2) is 9.67 Å². The van der Waals surface area contributed by atoms with E-state index < -0.39 is 0 Å². The summed E-state index contributed by atoms with van der Waals surface area (Å²) in [5, 5.41) is 4.58. The molecule has 0 N–H and O–H groups in total. The van der Waals surface area contributed by atoms with Gasteiger partial charge >= 0.3 is 0 Å². The van der Waals surface area contributed by atoms with Crippen molar-refractivity contribution in [3.05, 3.63) is 56.6 Å². The number of nitrogens with zero attached hydrogens (tertiary/aromatic N) is 5. The fraction of sp³-hybridized carbons (Fsp3) is 0.579. The molecule has 0 unspecified atom stereocenters. The van der Waals surface area contributed by atoms with Crippen molar-refractivity contribution >= 4 is 0 Å². The Balaban J connectivity index is 1.33. The maximum absolute atomic E-state index is 12.1. The van der Waals surface area contributed by atoms with Gasteiger partial charge in [0.15, 0.2) is 0 Å². The lowest BCUT2D eigenvalue weighted by atomic mass is 9.96. The Labute approximate surface area is 152 Å². The van der Waals surface area contributed by atoms with Gasteiger partial charge in [0, 0.05) is 38.2 Å². The molecule has 0 aromatic carbocycles. The standard InChI is InChI=1S/C19H25N5O2/c1-22-13-20-16(10-19(22)26)12-23-8-6-14(7-9-23)11-24-18(25)5-4-17(21-24)15-2-3-15/h4-5,10,13-15H,2-3,6-9,11-12H2,1H3. The van der Waals surface area contributed by atoms with Crippen LogP contribution >= 0.6 is 0 Å². The topological polar surface area (TPSA) is 73.0 Å². The average molecular weight is 355 g/mol. The first-order valence-corrected chi connectivity index (χ1v) is 9.40. The van der Waals surface area contributed by atoms with Crippen molar-refractivity contribution in [2.75, 3.05) is 13.1 Å². The Hall–Kier alpha value is -2.28. The van der Waals surface area contributed by atoms with Gasteiger partial charge in [-0.15, -0.1) is 0 Å². The maximum atomic E-state index is 12.1. The molecule has 2 fully saturated rings. The van der Waals surface area contributed by atoms with Gasteiger partial charge in [-0.2, -0.15) is 5.10 Å². The van der Waals surface area contributed by atoms with E-state index in [1.165, 1.54) is 17.4 Å². The van der Waals surface area contributed by atoms with E-state index in [9.17, 15) is 9.59 Å². The summed E-state index contributed by atoms with van der Waals surface area (Å²) < 4.78 is 3.15. The van der Waals surface area contributed by atoms with Crippen LogP contribution in [0.3, 0.4) is 0 Å². The molecule has 4 rings (SSSR count). The third-order valence-corrected chi connectivity index (χ3v) is 5.44. The van der Waals surface area contributed by atoms with Crippen molar-refractivity contribution < 1.29 is 0 Å². The smallest absolute Gasteiger partial charge is 0.266 e. The highest BCUT2D eigenvalue weighted by Crippen LogP contribution is 2.38. The zero-order valence-corrected chi connectivity index (χ0v) is 15.2. The van der Waals surface area contributed by atoms with Gasteiger partial charge in [0.25, 0.3) is 11.1 Å². The fourth-order valence-corrected chi connectivity index (χ4v) is 3.58. The molecule has 0 spiro atoms. The Kier molecular flexibility index (Phi) is 4.72. The minimum absolute atomic E-state index is 0.00107. The maximum Gasteiger partial charge on any atom is 0.266 e. The molecule has 0 radical (unpaired) electrons. The lowest BCUT2D eigenvalue weighted by Gasteiger charge is -2.31. The normalized spacial score (nSPS) is 19.0. The number of piperidine rings is 1. The van der Waals surface area contributed by atoms with Crippen LogP contribution in [0.5, 0.6) is 0 Å². The van der Waals surface area contributed by atoms with Crippen LogP contribution in [0.15, 0.2) is 34.1 Å². The molecule has 0 bridgehead atoms. The highest BCUT2D eigenvalue weighted by molar-refractivity contribution is 5.12. The van der Waals surface area contributed by atoms with Crippen molar-refractivity contribution in [2.24, 2.45) is 13.0 Å². The molecule has 7 heteroatoms. The molecule has 2 aliphatic rings. The number of aryl methyl sites for hydroxylation is 1. The van der Waals surface area contributed by atoms with Crippen LogP contribution in [0.2, 0.25) is 0 Å². The molecule has 3 heterocycles. The van der Waals surface area contributed by atoms with Crippen LogP contribution in [0.1, 0.15) is 43.0 Å². The number of likely N-dealkylation sites (tertiary alicyclic amines) is 1. The first kappa shape index (κ1) is 17.1. The summed E-state index contributed by atoms with van der Waals surface area (Å²) in [6, 6.07) is 5.16. The summed E-state index contributed by atoms with van der Waals surface area (Å²) in [6.07, 6.45) is 6.04. The molecule has 0 atom stereocenters. The van der Waals surface area contributed by atoms with Gasteiger partial charge in [0.05, 0.1) is 17.7 Å². The molecule has 7 nitrogen and oxygen atoms in total. The molecular weight excluding hydrogens is 330 g/mol.